The van der Waals surface area contributed by atoms with Gasteiger partial charge in [0, 0.05) is 19.5 Å². The van der Waals surface area contributed by atoms with Crippen LogP contribution in [0.15, 0.2) is 24.3 Å². The topological polar surface area (TPSA) is 82.4 Å². The van der Waals surface area contributed by atoms with Gasteiger partial charge in [-0.15, -0.1) is 0 Å². The number of carbonyl (C=O) groups excluding carboxylic acids is 2. The van der Waals surface area contributed by atoms with Crippen molar-refractivity contribution in [3.63, 3.8) is 0 Å². The van der Waals surface area contributed by atoms with E-state index in [-0.39, 0.29) is 24.2 Å². The molecule has 0 bridgehead atoms. The largest absolute Gasteiger partial charge is 0.497 e. The number of rotatable bonds is 5. The molecule has 1 aliphatic carbocycles. The fourth-order valence-corrected chi connectivity index (χ4v) is 3.18. The Balaban J connectivity index is 1.58. The summed E-state index contributed by atoms with van der Waals surface area (Å²) in [6.45, 7) is 0.883. The van der Waals surface area contributed by atoms with Gasteiger partial charge in [-0.25, -0.2) is 0 Å². The first kappa shape index (κ1) is 16.3. The maximum Gasteiger partial charge on any atom is 0.226 e. The molecule has 1 aromatic carbocycles. The zero-order valence-electron chi connectivity index (χ0n) is 13.7. The summed E-state index contributed by atoms with van der Waals surface area (Å²) in [6.07, 6.45) is 2.57. The number of hydrogen-bond acceptors (Lipinski definition) is 4. The van der Waals surface area contributed by atoms with Gasteiger partial charge in [-0.3, -0.25) is 9.59 Å². The second kappa shape index (κ2) is 6.52. The van der Waals surface area contributed by atoms with Crippen molar-refractivity contribution in [2.24, 2.45) is 5.92 Å². The Bertz CT molecular complexity index is 674. The van der Waals surface area contributed by atoms with E-state index >= 15 is 0 Å². The molecule has 2 amide bonds. The van der Waals surface area contributed by atoms with Crippen LogP contribution < -0.4 is 10.1 Å². The maximum absolute atomic E-state index is 12.4. The highest BCUT2D eigenvalue weighted by Crippen LogP contribution is 2.32. The molecule has 0 radical (unpaired) electrons. The number of likely N-dealkylation sites (tertiary alicyclic amines) is 1. The highest BCUT2D eigenvalue weighted by Gasteiger charge is 2.42. The van der Waals surface area contributed by atoms with Gasteiger partial charge in [-0.1, -0.05) is 12.1 Å². The molecule has 1 aliphatic heterocycles. The third kappa shape index (κ3) is 3.21. The van der Waals surface area contributed by atoms with Crippen molar-refractivity contribution in [3.8, 4) is 11.8 Å². The van der Waals surface area contributed by atoms with E-state index in [0.717, 1.165) is 17.7 Å². The smallest absolute Gasteiger partial charge is 0.226 e. The number of carbonyl (C=O) groups is 2. The molecule has 2 fully saturated rings. The summed E-state index contributed by atoms with van der Waals surface area (Å²) in [4.78, 5) is 26.3. The Labute approximate surface area is 141 Å². The van der Waals surface area contributed by atoms with Crippen LogP contribution in [-0.4, -0.2) is 35.9 Å². The lowest BCUT2D eigenvalue weighted by molar-refractivity contribution is -0.130. The van der Waals surface area contributed by atoms with E-state index in [4.69, 9.17) is 4.74 Å². The van der Waals surface area contributed by atoms with E-state index < -0.39 is 5.54 Å². The Hall–Kier alpha value is -2.55. The first-order chi connectivity index (χ1) is 11.5. The Kier molecular flexibility index (Phi) is 4.43. The second-order valence-electron chi connectivity index (χ2n) is 6.56. The maximum atomic E-state index is 12.4. The Morgan fingerprint density at radius 1 is 1.42 bits per heavy atom. The van der Waals surface area contributed by atoms with Crippen molar-refractivity contribution in [1.29, 1.82) is 5.26 Å². The number of nitriles is 1. The lowest BCUT2D eigenvalue weighted by Gasteiger charge is -2.36. The van der Waals surface area contributed by atoms with Crippen LogP contribution >= 0.6 is 0 Å². The van der Waals surface area contributed by atoms with Crippen LogP contribution in [0.25, 0.3) is 0 Å². The highest BCUT2D eigenvalue weighted by molar-refractivity contribution is 5.89. The first-order valence-corrected chi connectivity index (χ1v) is 8.19. The number of nitrogens with zero attached hydrogens (tertiary/aromatic N) is 2. The highest BCUT2D eigenvalue weighted by atomic mass is 16.5. The molecule has 1 N–H and O–H groups in total. The molecule has 6 heteroatoms. The second-order valence-corrected chi connectivity index (χ2v) is 6.56. The molecule has 3 rings (SSSR count). The molecule has 6 nitrogen and oxygen atoms in total. The minimum absolute atomic E-state index is 0.0226. The fourth-order valence-electron chi connectivity index (χ4n) is 3.18. The fraction of sp³-hybridized carbons (Fsp3) is 0.500. The monoisotopic (exact) mass is 327 g/mol. The van der Waals surface area contributed by atoms with Crippen LogP contribution in [0.1, 0.15) is 31.2 Å². The van der Waals surface area contributed by atoms with E-state index in [1.807, 2.05) is 24.3 Å². The number of methoxy groups -OCH3 is 1. The predicted octanol–water partition coefficient (Wildman–Crippen LogP) is 1.61. The molecule has 24 heavy (non-hydrogen) atoms. The summed E-state index contributed by atoms with van der Waals surface area (Å²) in [6, 6.07) is 9.74. The zero-order valence-corrected chi connectivity index (χ0v) is 13.7. The normalized spacial score (nSPS) is 21.8. The third-order valence-electron chi connectivity index (χ3n) is 4.90. The number of ether oxygens (including phenoxy) is 1. The SMILES string of the molecule is COc1ccc(CN2CC(C(=O)NC3(C#N)CCC3)CC2=O)cc1. The summed E-state index contributed by atoms with van der Waals surface area (Å²) in [7, 11) is 1.61. The van der Waals surface area contributed by atoms with Crippen molar-refractivity contribution in [1.82, 2.24) is 10.2 Å². The van der Waals surface area contributed by atoms with E-state index in [9.17, 15) is 14.9 Å². The van der Waals surface area contributed by atoms with Crippen LogP contribution in [0.5, 0.6) is 5.75 Å². The average Bonchev–Trinajstić information content (AvgIpc) is 2.92. The van der Waals surface area contributed by atoms with Gasteiger partial charge in [0.15, 0.2) is 0 Å². The molecule has 0 spiro atoms. The molecular weight excluding hydrogens is 306 g/mol. The zero-order chi connectivity index (χ0) is 17.2. The molecular formula is C18H21N3O3. The minimum atomic E-state index is -0.705. The lowest BCUT2D eigenvalue weighted by atomic mass is 9.77. The van der Waals surface area contributed by atoms with E-state index in [0.29, 0.717) is 25.9 Å². The van der Waals surface area contributed by atoms with Gasteiger partial charge in [-0.2, -0.15) is 5.26 Å². The van der Waals surface area contributed by atoms with Gasteiger partial charge in [-0.05, 0) is 37.0 Å². The van der Waals surface area contributed by atoms with Crippen LogP contribution in [0, 0.1) is 17.2 Å². The summed E-state index contributed by atoms with van der Waals surface area (Å²) in [5.41, 5.74) is 0.293. The number of amides is 2. The number of hydrogen-bond donors (Lipinski definition) is 1. The van der Waals surface area contributed by atoms with E-state index in [1.54, 1.807) is 12.0 Å². The molecule has 2 aliphatic rings. The molecule has 1 saturated heterocycles. The third-order valence-corrected chi connectivity index (χ3v) is 4.90. The van der Waals surface area contributed by atoms with Gasteiger partial charge >= 0.3 is 0 Å². The molecule has 1 aromatic rings. The van der Waals surface area contributed by atoms with Gasteiger partial charge in [0.25, 0.3) is 0 Å². The summed E-state index contributed by atoms with van der Waals surface area (Å²) in [5, 5.41) is 12.1. The summed E-state index contributed by atoms with van der Waals surface area (Å²) < 4.78 is 5.12. The van der Waals surface area contributed by atoms with Crippen LogP contribution in [0.4, 0.5) is 0 Å². The van der Waals surface area contributed by atoms with Gasteiger partial charge < -0.3 is 15.0 Å². The molecule has 1 heterocycles. The van der Waals surface area contributed by atoms with Crippen molar-refractivity contribution in [2.75, 3.05) is 13.7 Å². The van der Waals surface area contributed by atoms with Crippen LogP contribution in [0.2, 0.25) is 0 Å². The van der Waals surface area contributed by atoms with Crippen LogP contribution in [-0.2, 0) is 16.1 Å². The van der Waals surface area contributed by atoms with E-state index in [1.165, 1.54) is 0 Å². The minimum Gasteiger partial charge on any atom is -0.497 e. The Morgan fingerprint density at radius 2 is 2.12 bits per heavy atom. The number of nitrogens with one attached hydrogen (secondary N) is 1. The van der Waals surface area contributed by atoms with Crippen molar-refractivity contribution < 1.29 is 14.3 Å². The number of benzene rings is 1. The molecule has 1 atom stereocenters. The van der Waals surface area contributed by atoms with Gasteiger partial charge in [0.1, 0.15) is 11.3 Å². The average molecular weight is 327 g/mol. The molecule has 0 aromatic heterocycles. The van der Waals surface area contributed by atoms with Gasteiger partial charge in [0.2, 0.25) is 11.8 Å². The predicted molar refractivity (Wildman–Crippen MR) is 86.9 cm³/mol. The standard InChI is InChI=1S/C18H21N3O3/c1-24-15-5-3-13(4-6-15)10-21-11-14(9-16(21)22)17(23)20-18(12-19)7-2-8-18/h3-6,14H,2,7-11H2,1H3,(H,20,23). The van der Waals surface area contributed by atoms with Gasteiger partial charge in [0.05, 0.1) is 19.1 Å². The first-order valence-electron chi connectivity index (χ1n) is 8.19. The van der Waals surface area contributed by atoms with Crippen molar-refractivity contribution >= 4 is 11.8 Å². The van der Waals surface area contributed by atoms with Crippen molar-refractivity contribution in [3.05, 3.63) is 29.8 Å². The Morgan fingerprint density at radius 3 is 2.67 bits per heavy atom. The van der Waals surface area contributed by atoms with Crippen LogP contribution in [0.3, 0.4) is 0 Å². The summed E-state index contributed by atoms with van der Waals surface area (Å²) in [5.74, 6) is 0.194. The summed E-state index contributed by atoms with van der Waals surface area (Å²) >= 11 is 0. The van der Waals surface area contributed by atoms with E-state index in [2.05, 4.69) is 11.4 Å². The molecule has 1 saturated carbocycles. The molecule has 126 valence electrons. The van der Waals surface area contributed by atoms with Crippen molar-refractivity contribution in [2.45, 2.75) is 37.8 Å². The quantitative estimate of drug-likeness (QED) is 0.890. The molecule has 1 unspecified atom stereocenters. The lowest BCUT2D eigenvalue weighted by Crippen LogP contribution is -2.54.